The molecule has 3 aromatic rings. The highest BCUT2D eigenvalue weighted by atomic mass is 16.5. The molecule has 0 spiro atoms. The van der Waals surface area contributed by atoms with E-state index < -0.39 is 0 Å². The Bertz CT molecular complexity index is 1070. The number of carbonyl (C=O) groups excluding carboxylic acids is 1. The second-order valence-corrected chi connectivity index (χ2v) is 7.86. The van der Waals surface area contributed by atoms with Crippen molar-refractivity contribution in [2.75, 3.05) is 12.4 Å². The van der Waals surface area contributed by atoms with Crippen LogP contribution in [0, 0.1) is 0 Å². The van der Waals surface area contributed by atoms with Gasteiger partial charge in [0.15, 0.2) is 0 Å². The van der Waals surface area contributed by atoms with Gasteiger partial charge in [-0.25, -0.2) is 0 Å². The maximum Gasteiger partial charge on any atom is 0.255 e. The minimum atomic E-state index is -0.266. The number of benzene rings is 3. The van der Waals surface area contributed by atoms with Crippen molar-refractivity contribution in [1.29, 1.82) is 0 Å². The lowest BCUT2D eigenvalue weighted by Gasteiger charge is -2.19. The monoisotopic (exact) mass is 403 g/mol. The van der Waals surface area contributed by atoms with Gasteiger partial charge in [-0.05, 0) is 53.4 Å². The van der Waals surface area contributed by atoms with Gasteiger partial charge in [0.05, 0.1) is 7.11 Å². The minimum Gasteiger partial charge on any atom is -0.506 e. The fraction of sp³-hybridized carbons (Fsp3) is 0.208. The van der Waals surface area contributed by atoms with Gasteiger partial charge in [0, 0.05) is 11.3 Å². The zero-order valence-corrected chi connectivity index (χ0v) is 17.5. The van der Waals surface area contributed by atoms with Crippen LogP contribution in [0.3, 0.4) is 0 Å². The van der Waals surface area contributed by atoms with Crippen LogP contribution in [-0.2, 0) is 5.41 Å². The molecule has 0 unspecified atom stereocenters. The average Bonchev–Trinajstić information content (AvgIpc) is 2.72. The number of anilines is 1. The summed E-state index contributed by atoms with van der Waals surface area (Å²) in [6.45, 7) is 6.24. The van der Waals surface area contributed by atoms with E-state index in [1.807, 2.05) is 36.4 Å². The molecule has 0 aliphatic heterocycles. The third kappa shape index (κ3) is 5.03. The molecule has 0 fully saturated rings. The zero-order chi connectivity index (χ0) is 21.7. The Hall–Kier alpha value is -3.67. The van der Waals surface area contributed by atoms with Gasteiger partial charge in [0.2, 0.25) is 0 Å². The highest BCUT2D eigenvalue weighted by molar-refractivity contribution is 6.04. The van der Waals surface area contributed by atoms with E-state index >= 15 is 0 Å². The molecule has 0 radical (unpaired) electrons. The number of azo groups is 1. The summed E-state index contributed by atoms with van der Waals surface area (Å²) in [7, 11) is 1.52. The number of carbonyl (C=O) groups is 1. The number of para-hydroxylation sites is 1. The molecule has 0 bridgehead atoms. The number of nitrogens with zero attached hydrogens (tertiary/aromatic N) is 2. The molecule has 1 amide bonds. The van der Waals surface area contributed by atoms with Crippen molar-refractivity contribution < 1.29 is 14.6 Å². The Balaban J connectivity index is 1.90. The third-order valence-corrected chi connectivity index (χ3v) is 4.58. The van der Waals surface area contributed by atoms with Crippen molar-refractivity contribution in [3.8, 4) is 11.5 Å². The Morgan fingerprint density at radius 2 is 1.63 bits per heavy atom. The largest absolute Gasteiger partial charge is 0.506 e. The van der Waals surface area contributed by atoms with Gasteiger partial charge < -0.3 is 15.2 Å². The van der Waals surface area contributed by atoms with Crippen LogP contribution in [0.15, 0.2) is 77.0 Å². The van der Waals surface area contributed by atoms with Crippen LogP contribution in [0.5, 0.6) is 11.5 Å². The molecule has 0 atom stereocenters. The second-order valence-electron chi connectivity index (χ2n) is 7.86. The fourth-order valence-electron chi connectivity index (χ4n) is 2.81. The topological polar surface area (TPSA) is 83.3 Å². The maximum atomic E-state index is 12.6. The molecule has 3 rings (SSSR count). The number of rotatable bonds is 5. The molecule has 0 heterocycles. The van der Waals surface area contributed by atoms with Crippen LogP contribution in [0.25, 0.3) is 0 Å². The predicted molar refractivity (Wildman–Crippen MR) is 118 cm³/mol. The molecular formula is C24H25N3O3. The number of nitrogens with one attached hydrogen (secondary N) is 1. The highest BCUT2D eigenvalue weighted by Crippen LogP contribution is 2.35. The Labute approximate surface area is 176 Å². The van der Waals surface area contributed by atoms with Gasteiger partial charge in [-0.15, -0.1) is 10.2 Å². The number of amides is 1. The quantitative estimate of drug-likeness (QED) is 0.486. The van der Waals surface area contributed by atoms with Crippen LogP contribution >= 0.6 is 0 Å². The molecule has 3 aromatic carbocycles. The standard InChI is InChI=1S/C24H25N3O3/c1-24(2,3)17-11-12-21(28)19(15-17)26-27-20-14-16(10-13-22(20)30-4)23(29)25-18-8-6-5-7-9-18/h5-15,28H,1-4H3,(H,25,29). The van der Waals surface area contributed by atoms with E-state index in [9.17, 15) is 9.90 Å². The normalized spacial score (nSPS) is 11.5. The first kappa shape index (κ1) is 21.0. The molecule has 30 heavy (non-hydrogen) atoms. The zero-order valence-electron chi connectivity index (χ0n) is 17.5. The number of methoxy groups -OCH3 is 1. The molecule has 0 aliphatic carbocycles. The first-order valence-corrected chi connectivity index (χ1v) is 9.57. The maximum absolute atomic E-state index is 12.6. The lowest BCUT2D eigenvalue weighted by Crippen LogP contribution is -2.11. The van der Waals surface area contributed by atoms with Gasteiger partial charge >= 0.3 is 0 Å². The van der Waals surface area contributed by atoms with Crippen LogP contribution in [0.4, 0.5) is 17.1 Å². The summed E-state index contributed by atoms with van der Waals surface area (Å²) in [5.41, 5.74) is 2.79. The SMILES string of the molecule is COc1ccc(C(=O)Nc2ccccc2)cc1N=Nc1cc(C(C)(C)C)ccc1O. The van der Waals surface area contributed by atoms with Gasteiger partial charge in [-0.3, -0.25) is 4.79 Å². The lowest BCUT2D eigenvalue weighted by molar-refractivity contribution is 0.102. The van der Waals surface area contributed by atoms with E-state index in [-0.39, 0.29) is 17.1 Å². The van der Waals surface area contributed by atoms with Crippen LogP contribution in [0.2, 0.25) is 0 Å². The second kappa shape index (κ2) is 8.78. The lowest BCUT2D eigenvalue weighted by atomic mass is 9.87. The Morgan fingerprint density at radius 1 is 0.933 bits per heavy atom. The van der Waals surface area contributed by atoms with Crippen molar-refractivity contribution >= 4 is 23.0 Å². The molecule has 0 aromatic heterocycles. The van der Waals surface area contributed by atoms with Gasteiger partial charge in [0.25, 0.3) is 5.91 Å². The van der Waals surface area contributed by atoms with Crippen molar-refractivity contribution in [3.63, 3.8) is 0 Å². The Kier molecular flexibility index (Phi) is 6.16. The van der Waals surface area contributed by atoms with E-state index in [2.05, 4.69) is 36.3 Å². The Morgan fingerprint density at radius 3 is 2.30 bits per heavy atom. The van der Waals surface area contributed by atoms with E-state index in [1.54, 1.807) is 30.3 Å². The van der Waals surface area contributed by atoms with Gasteiger partial charge in [-0.2, -0.15) is 0 Å². The fourth-order valence-corrected chi connectivity index (χ4v) is 2.81. The van der Waals surface area contributed by atoms with Crippen LogP contribution in [0.1, 0.15) is 36.7 Å². The van der Waals surface area contributed by atoms with E-state index in [4.69, 9.17) is 4.74 Å². The molecular weight excluding hydrogens is 378 g/mol. The number of aromatic hydroxyl groups is 1. The number of ether oxygens (including phenoxy) is 1. The highest BCUT2D eigenvalue weighted by Gasteiger charge is 2.16. The number of hydrogen-bond acceptors (Lipinski definition) is 5. The predicted octanol–water partition coefficient (Wildman–Crippen LogP) is 6.37. The summed E-state index contributed by atoms with van der Waals surface area (Å²) >= 11 is 0. The van der Waals surface area contributed by atoms with Crippen molar-refractivity contribution in [2.24, 2.45) is 10.2 Å². The van der Waals surface area contributed by atoms with E-state index in [0.717, 1.165) is 5.56 Å². The summed E-state index contributed by atoms with van der Waals surface area (Å²) in [6, 6.07) is 19.4. The molecule has 0 aliphatic rings. The molecule has 2 N–H and O–H groups in total. The summed E-state index contributed by atoms with van der Waals surface area (Å²) in [6.07, 6.45) is 0. The average molecular weight is 403 g/mol. The van der Waals surface area contributed by atoms with Crippen molar-refractivity contribution in [2.45, 2.75) is 26.2 Å². The van der Waals surface area contributed by atoms with Crippen molar-refractivity contribution in [1.82, 2.24) is 0 Å². The van der Waals surface area contributed by atoms with E-state index in [1.165, 1.54) is 7.11 Å². The first-order chi connectivity index (χ1) is 14.3. The van der Waals surface area contributed by atoms with Crippen LogP contribution < -0.4 is 10.1 Å². The first-order valence-electron chi connectivity index (χ1n) is 9.57. The summed E-state index contributed by atoms with van der Waals surface area (Å²) in [4.78, 5) is 12.6. The summed E-state index contributed by atoms with van der Waals surface area (Å²) in [5.74, 6) is 0.239. The molecule has 6 heteroatoms. The number of hydrogen-bond donors (Lipinski definition) is 2. The van der Waals surface area contributed by atoms with Gasteiger partial charge in [0.1, 0.15) is 22.9 Å². The number of phenols is 1. The summed E-state index contributed by atoms with van der Waals surface area (Å²) < 4.78 is 5.35. The van der Waals surface area contributed by atoms with E-state index in [0.29, 0.717) is 28.4 Å². The third-order valence-electron chi connectivity index (χ3n) is 4.58. The molecule has 0 saturated heterocycles. The minimum absolute atomic E-state index is 0.0312. The molecule has 0 saturated carbocycles. The number of phenolic OH excluding ortho intramolecular Hbond substituents is 1. The molecule has 6 nitrogen and oxygen atoms in total. The smallest absolute Gasteiger partial charge is 0.255 e. The molecule has 154 valence electrons. The summed E-state index contributed by atoms with van der Waals surface area (Å²) in [5, 5.41) is 21.4. The van der Waals surface area contributed by atoms with Gasteiger partial charge in [-0.1, -0.05) is 45.0 Å². The van der Waals surface area contributed by atoms with Crippen LogP contribution in [-0.4, -0.2) is 18.1 Å². The van der Waals surface area contributed by atoms with Crippen molar-refractivity contribution in [3.05, 3.63) is 77.9 Å².